The van der Waals surface area contributed by atoms with Crippen molar-refractivity contribution in [3.8, 4) is 0 Å². The topological polar surface area (TPSA) is 58.2 Å². The number of hydrogen-bond acceptors (Lipinski definition) is 2. The molecule has 4 rings (SSSR count). The quantitative estimate of drug-likeness (QED) is 0.312. The van der Waals surface area contributed by atoms with Crippen LogP contribution < -0.4 is 10.6 Å². The molecule has 0 unspecified atom stereocenters. The third kappa shape index (κ3) is 5.11. The second kappa shape index (κ2) is 9.51. The fourth-order valence-corrected chi connectivity index (χ4v) is 5.18. The number of nitrogens with one attached hydrogen (secondary N) is 2. The van der Waals surface area contributed by atoms with Gasteiger partial charge in [0.2, 0.25) is 5.91 Å². The third-order valence-corrected chi connectivity index (χ3v) is 6.94. The highest BCUT2D eigenvalue weighted by Gasteiger charge is 2.67. The van der Waals surface area contributed by atoms with Crippen molar-refractivity contribution in [2.24, 2.45) is 5.92 Å². The Morgan fingerprint density at radius 2 is 1.53 bits per heavy atom. The molecule has 2 amide bonds. The second-order valence-electron chi connectivity index (χ2n) is 7.59. The van der Waals surface area contributed by atoms with E-state index in [1.165, 1.54) is 18.2 Å². The van der Waals surface area contributed by atoms with Crippen molar-refractivity contribution in [3.63, 3.8) is 0 Å². The van der Waals surface area contributed by atoms with E-state index in [1.807, 2.05) is 0 Å². The average Bonchev–Trinajstić information content (AvgIpc) is 3.33. The summed E-state index contributed by atoms with van der Waals surface area (Å²) < 4.78 is 25.9. The van der Waals surface area contributed by atoms with E-state index in [9.17, 15) is 18.4 Å². The van der Waals surface area contributed by atoms with E-state index in [1.54, 1.807) is 18.2 Å². The zero-order chi connectivity index (χ0) is 24.8. The molecule has 1 aliphatic rings. The molecule has 3 aromatic rings. The maximum absolute atomic E-state index is 13.9. The van der Waals surface area contributed by atoms with Crippen molar-refractivity contribution in [2.45, 2.75) is 10.3 Å². The Kier molecular flexibility index (Phi) is 7.00. The first-order valence-electron chi connectivity index (χ1n) is 9.68. The number of benzene rings is 3. The summed E-state index contributed by atoms with van der Waals surface area (Å²) in [6, 6.07) is 11.6. The molecule has 0 aromatic heterocycles. The number of amides is 2. The standard InChI is InChI=1S/C23H13Cl5F2N2O2/c24-11-5-10(6-12(25)7-11)19-20(23(19,27)28)22(34)31-14-2-3-16(26)15(9-14)21(33)32-18-8-13(29)1-4-17(18)30/h1-9,19-20H,(H,31,34)(H,32,33)/t19-,20+/m1/s1. The summed E-state index contributed by atoms with van der Waals surface area (Å²) in [6.07, 6.45) is 0. The summed E-state index contributed by atoms with van der Waals surface area (Å²) in [5, 5.41) is 5.69. The second-order valence-corrected chi connectivity index (χ2v) is 10.3. The molecule has 1 fully saturated rings. The molecule has 0 heterocycles. The molecule has 2 N–H and O–H groups in total. The molecular formula is C23H13Cl5F2N2O2. The lowest BCUT2D eigenvalue weighted by molar-refractivity contribution is -0.117. The lowest BCUT2D eigenvalue weighted by atomic mass is 10.1. The molecular weight excluding hydrogens is 552 g/mol. The van der Waals surface area contributed by atoms with Crippen LogP contribution in [0.15, 0.2) is 54.6 Å². The summed E-state index contributed by atoms with van der Waals surface area (Å²) in [5.41, 5.74) is 0.403. The van der Waals surface area contributed by atoms with E-state index in [4.69, 9.17) is 58.0 Å². The van der Waals surface area contributed by atoms with Gasteiger partial charge in [-0.3, -0.25) is 9.59 Å². The first-order chi connectivity index (χ1) is 16.0. The van der Waals surface area contributed by atoms with Gasteiger partial charge in [-0.2, -0.15) is 0 Å². The Morgan fingerprint density at radius 3 is 2.21 bits per heavy atom. The molecule has 4 nitrogen and oxygen atoms in total. The van der Waals surface area contributed by atoms with Crippen LogP contribution >= 0.6 is 58.0 Å². The van der Waals surface area contributed by atoms with Gasteiger partial charge >= 0.3 is 0 Å². The molecule has 1 saturated carbocycles. The summed E-state index contributed by atoms with van der Waals surface area (Å²) in [4.78, 5) is 25.5. The molecule has 0 aliphatic heterocycles. The summed E-state index contributed by atoms with van der Waals surface area (Å²) >= 11 is 30.9. The highest BCUT2D eigenvalue weighted by Crippen LogP contribution is 2.65. The number of carbonyl (C=O) groups excluding carboxylic acids is 2. The van der Waals surface area contributed by atoms with Gasteiger partial charge in [0.25, 0.3) is 5.91 Å². The van der Waals surface area contributed by atoms with Crippen LogP contribution in [-0.2, 0) is 4.79 Å². The predicted molar refractivity (Wildman–Crippen MR) is 132 cm³/mol. The largest absolute Gasteiger partial charge is 0.326 e. The Hall–Kier alpha value is -2.09. The van der Waals surface area contributed by atoms with E-state index in [0.29, 0.717) is 15.6 Å². The van der Waals surface area contributed by atoms with Gasteiger partial charge < -0.3 is 10.6 Å². The van der Waals surface area contributed by atoms with E-state index >= 15 is 0 Å². The SMILES string of the molecule is O=C(Nc1cc(F)ccc1F)c1cc(NC(=O)[C@@H]2[C@@H](c3cc(Cl)cc(Cl)c3)C2(Cl)Cl)ccc1Cl. The monoisotopic (exact) mass is 562 g/mol. The van der Waals surface area contributed by atoms with Crippen LogP contribution in [0.25, 0.3) is 0 Å². The highest BCUT2D eigenvalue weighted by molar-refractivity contribution is 6.53. The van der Waals surface area contributed by atoms with Gasteiger partial charge in [-0.15, -0.1) is 23.2 Å². The molecule has 1 aliphatic carbocycles. The fraction of sp³-hybridized carbons (Fsp3) is 0.130. The van der Waals surface area contributed by atoms with E-state index < -0.39 is 39.6 Å². The number of alkyl halides is 2. The third-order valence-electron chi connectivity index (χ3n) is 5.24. The molecule has 0 spiro atoms. The Balaban J connectivity index is 1.52. The van der Waals surface area contributed by atoms with Crippen molar-refractivity contribution < 1.29 is 18.4 Å². The molecule has 34 heavy (non-hydrogen) atoms. The normalized spacial score (nSPS) is 18.3. The van der Waals surface area contributed by atoms with Crippen molar-refractivity contribution in [2.75, 3.05) is 10.6 Å². The van der Waals surface area contributed by atoms with Gasteiger partial charge in [-0.05, 0) is 54.1 Å². The van der Waals surface area contributed by atoms with Gasteiger partial charge in [0.05, 0.1) is 22.2 Å². The number of rotatable bonds is 5. The highest BCUT2D eigenvalue weighted by atomic mass is 35.5. The minimum Gasteiger partial charge on any atom is -0.326 e. The van der Waals surface area contributed by atoms with E-state index in [2.05, 4.69) is 10.6 Å². The minimum atomic E-state index is -1.39. The molecule has 11 heteroatoms. The number of hydrogen-bond donors (Lipinski definition) is 2. The summed E-state index contributed by atoms with van der Waals surface area (Å²) in [5.74, 6) is -4.23. The van der Waals surface area contributed by atoms with Crippen LogP contribution in [0, 0.1) is 17.6 Å². The van der Waals surface area contributed by atoms with Gasteiger partial charge in [-0.1, -0.05) is 34.8 Å². The summed E-state index contributed by atoms with van der Waals surface area (Å²) in [6.45, 7) is 0. The van der Waals surface area contributed by atoms with E-state index in [0.717, 1.165) is 18.2 Å². The maximum Gasteiger partial charge on any atom is 0.257 e. The Labute approximate surface area is 218 Å². The van der Waals surface area contributed by atoms with Gasteiger partial charge in [0.1, 0.15) is 16.0 Å². The fourth-order valence-electron chi connectivity index (χ4n) is 3.60. The van der Waals surface area contributed by atoms with Gasteiger partial charge in [0, 0.05) is 27.7 Å². The summed E-state index contributed by atoms with van der Waals surface area (Å²) in [7, 11) is 0. The van der Waals surface area contributed by atoms with Crippen LogP contribution in [0.1, 0.15) is 21.8 Å². The molecule has 2 atom stereocenters. The number of anilines is 2. The Morgan fingerprint density at radius 1 is 0.853 bits per heavy atom. The zero-order valence-electron chi connectivity index (χ0n) is 16.8. The van der Waals surface area contributed by atoms with Crippen LogP contribution in [0.5, 0.6) is 0 Å². The maximum atomic E-state index is 13.9. The average molecular weight is 565 g/mol. The first kappa shape index (κ1) is 25.0. The smallest absolute Gasteiger partial charge is 0.257 e. The van der Waals surface area contributed by atoms with Crippen LogP contribution in [0.4, 0.5) is 20.2 Å². The van der Waals surface area contributed by atoms with Crippen molar-refractivity contribution >= 4 is 81.2 Å². The number of halogens is 7. The van der Waals surface area contributed by atoms with Gasteiger partial charge in [0.15, 0.2) is 0 Å². The molecule has 0 radical (unpaired) electrons. The van der Waals surface area contributed by atoms with Crippen molar-refractivity contribution in [1.29, 1.82) is 0 Å². The molecule has 176 valence electrons. The Bertz CT molecular complexity index is 1300. The van der Waals surface area contributed by atoms with Crippen molar-refractivity contribution in [1.82, 2.24) is 0 Å². The van der Waals surface area contributed by atoms with E-state index in [-0.39, 0.29) is 22.0 Å². The first-order valence-corrected chi connectivity index (χ1v) is 11.6. The van der Waals surface area contributed by atoms with Crippen LogP contribution in [0.3, 0.4) is 0 Å². The molecule has 3 aromatic carbocycles. The van der Waals surface area contributed by atoms with Crippen LogP contribution in [0.2, 0.25) is 15.1 Å². The minimum absolute atomic E-state index is 0.0363. The van der Waals surface area contributed by atoms with Gasteiger partial charge in [-0.25, -0.2) is 8.78 Å². The lowest BCUT2D eigenvalue weighted by Crippen LogP contribution is -2.18. The zero-order valence-corrected chi connectivity index (χ0v) is 20.6. The van der Waals surface area contributed by atoms with Crippen molar-refractivity contribution in [3.05, 3.63) is 92.4 Å². The van der Waals surface area contributed by atoms with Crippen LogP contribution in [-0.4, -0.2) is 16.1 Å². The number of carbonyl (C=O) groups is 2. The predicted octanol–water partition coefficient (Wildman–Crippen LogP) is 7.70. The lowest BCUT2D eigenvalue weighted by Gasteiger charge is -2.11. The molecule has 0 saturated heterocycles. The molecule has 0 bridgehead atoms.